The summed E-state index contributed by atoms with van der Waals surface area (Å²) < 4.78 is 3.98. The van der Waals surface area contributed by atoms with Crippen molar-refractivity contribution in [2.75, 3.05) is 5.73 Å². The van der Waals surface area contributed by atoms with E-state index in [1.807, 2.05) is 30.3 Å². The molecule has 4 heteroatoms. The average Bonchev–Trinajstić information content (AvgIpc) is 2.69. The molecule has 0 aliphatic heterocycles. The first-order valence-corrected chi connectivity index (χ1v) is 4.93. The van der Waals surface area contributed by atoms with E-state index >= 15 is 0 Å². The van der Waals surface area contributed by atoms with E-state index in [9.17, 15) is 0 Å². The Morgan fingerprint density at radius 2 is 2.14 bits per heavy atom. The van der Waals surface area contributed by atoms with Crippen molar-refractivity contribution in [1.29, 1.82) is 0 Å². The molecule has 0 radical (unpaired) electrons. The first kappa shape index (κ1) is 8.90. The first-order valence-electron chi connectivity index (χ1n) is 4.15. The van der Waals surface area contributed by atoms with Crippen LogP contribution in [-0.2, 0) is 0 Å². The smallest absolute Gasteiger partial charge is 0.0859 e. The van der Waals surface area contributed by atoms with Crippen molar-refractivity contribution in [2.24, 2.45) is 4.99 Å². The number of nitrogens with zero attached hydrogens (tertiary/aromatic N) is 2. The summed E-state index contributed by atoms with van der Waals surface area (Å²) in [6.07, 6.45) is 3.52. The van der Waals surface area contributed by atoms with Gasteiger partial charge in [0, 0.05) is 12.4 Å². The van der Waals surface area contributed by atoms with Gasteiger partial charge in [-0.15, -0.1) is 0 Å². The molecule has 0 aliphatic carbocycles. The molecule has 0 spiro atoms. The average molecular weight is 203 g/mol. The summed E-state index contributed by atoms with van der Waals surface area (Å²) in [7, 11) is 0. The summed E-state index contributed by atoms with van der Waals surface area (Å²) in [6, 6.07) is 9.43. The minimum absolute atomic E-state index is 0.688. The van der Waals surface area contributed by atoms with Crippen LogP contribution in [0.5, 0.6) is 0 Å². The van der Waals surface area contributed by atoms with Crippen LogP contribution in [0.1, 0.15) is 4.88 Å². The Labute approximate surface area is 86.1 Å². The van der Waals surface area contributed by atoms with Crippen molar-refractivity contribution < 1.29 is 0 Å². The topological polar surface area (TPSA) is 51.3 Å². The highest BCUT2D eigenvalue weighted by Crippen LogP contribution is 2.20. The van der Waals surface area contributed by atoms with E-state index in [0.717, 1.165) is 10.6 Å². The van der Waals surface area contributed by atoms with Crippen molar-refractivity contribution in [3.05, 3.63) is 41.4 Å². The van der Waals surface area contributed by atoms with Crippen LogP contribution in [0.2, 0.25) is 0 Å². The SMILES string of the molecule is Nc1ccccc1N=Cc1ccns1. The molecule has 3 nitrogen and oxygen atoms in total. The van der Waals surface area contributed by atoms with Gasteiger partial charge in [0.05, 0.1) is 16.3 Å². The summed E-state index contributed by atoms with van der Waals surface area (Å²) in [6.45, 7) is 0. The number of hydrogen-bond acceptors (Lipinski definition) is 4. The van der Waals surface area contributed by atoms with Crippen molar-refractivity contribution in [1.82, 2.24) is 4.37 Å². The Kier molecular flexibility index (Phi) is 2.55. The fourth-order valence-corrected chi connectivity index (χ4v) is 1.50. The Morgan fingerprint density at radius 3 is 2.86 bits per heavy atom. The maximum absolute atomic E-state index is 5.73. The second kappa shape index (κ2) is 4.02. The van der Waals surface area contributed by atoms with Gasteiger partial charge in [0.1, 0.15) is 0 Å². The number of nitrogen functional groups attached to an aromatic ring is 1. The van der Waals surface area contributed by atoms with Gasteiger partial charge in [-0.2, -0.15) is 0 Å². The molecular formula is C10H9N3S. The summed E-state index contributed by atoms with van der Waals surface area (Å²) >= 11 is 1.41. The van der Waals surface area contributed by atoms with Gasteiger partial charge in [-0.25, -0.2) is 4.37 Å². The van der Waals surface area contributed by atoms with Gasteiger partial charge >= 0.3 is 0 Å². The van der Waals surface area contributed by atoms with Gasteiger partial charge < -0.3 is 5.73 Å². The van der Waals surface area contributed by atoms with Gasteiger partial charge in [-0.1, -0.05) is 12.1 Å². The normalized spacial score (nSPS) is 10.9. The van der Waals surface area contributed by atoms with E-state index in [2.05, 4.69) is 9.37 Å². The molecule has 0 bridgehead atoms. The molecule has 14 heavy (non-hydrogen) atoms. The largest absolute Gasteiger partial charge is 0.397 e. The number of aliphatic imine (C=N–C) groups is 1. The van der Waals surface area contributed by atoms with Gasteiger partial charge in [0.25, 0.3) is 0 Å². The predicted octanol–water partition coefficient (Wildman–Crippen LogP) is 2.48. The van der Waals surface area contributed by atoms with Crippen LogP contribution in [0.25, 0.3) is 0 Å². The van der Waals surface area contributed by atoms with Crippen LogP contribution in [0, 0.1) is 0 Å². The number of para-hydroxylation sites is 2. The number of nitrogens with two attached hydrogens (primary N) is 1. The van der Waals surface area contributed by atoms with Gasteiger partial charge in [0.2, 0.25) is 0 Å². The van der Waals surface area contributed by atoms with Crippen LogP contribution >= 0.6 is 11.5 Å². The maximum atomic E-state index is 5.73. The second-order valence-corrected chi connectivity index (χ2v) is 3.60. The van der Waals surface area contributed by atoms with Gasteiger partial charge in [0.15, 0.2) is 0 Å². The lowest BCUT2D eigenvalue weighted by atomic mass is 10.3. The fraction of sp³-hybridized carbons (Fsp3) is 0. The Bertz CT molecular complexity index is 434. The molecule has 1 heterocycles. The lowest BCUT2D eigenvalue weighted by Gasteiger charge is -1.96. The minimum Gasteiger partial charge on any atom is -0.397 e. The molecule has 0 saturated carbocycles. The zero-order valence-corrected chi connectivity index (χ0v) is 8.24. The molecule has 0 saturated heterocycles. The van der Waals surface area contributed by atoms with Crippen molar-refractivity contribution in [2.45, 2.75) is 0 Å². The van der Waals surface area contributed by atoms with E-state index in [1.54, 1.807) is 12.4 Å². The fourth-order valence-electron chi connectivity index (χ4n) is 1.03. The maximum Gasteiger partial charge on any atom is 0.0859 e. The van der Waals surface area contributed by atoms with E-state index in [1.165, 1.54) is 11.5 Å². The summed E-state index contributed by atoms with van der Waals surface area (Å²) in [5.74, 6) is 0. The summed E-state index contributed by atoms with van der Waals surface area (Å²) in [5, 5.41) is 0. The lowest BCUT2D eigenvalue weighted by molar-refractivity contribution is 1.53. The lowest BCUT2D eigenvalue weighted by Crippen LogP contribution is -1.84. The zero-order chi connectivity index (χ0) is 9.80. The van der Waals surface area contributed by atoms with Gasteiger partial charge in [-0.3, -0.25) is 4.99 Å². The molecule has 0 aliphatic rings. The second-order valence-electron chi connectivity index (χ2n) is 2.73. The predicted molar refractivity (Wildman–Crippen MR) is 60.2 cm³/mol. The van der Waals surface area contributed by atoms with Gasteiger partial charge in [-0.05, 0) is 29.7 Å². The van der Waals surface area contributed by atoms with Crippen LogP contribution in [0.4, 0.5) is 11.4 Å². The summed E-state index contributed by atoms with van der Waals surface area (Å²) in [5.41, 5.74) is 7.21. The molecular weight excluding hydrogens is 194 g/mol. The number of aromatic nitrogens is 1. The third-order valence-corrected chi connectivity index (χ3v) is 2.40. The molecule has 2 aromatic rings. The van der Waals surface area contributed by atoms with Crippen molar-refractivity contribution in [3.63, 3.8) is 0 Å². The van der Waals surface area contributed by atoms with Crippen LogP contribution in [-0.4, -0.2) is 10.6 Å². The molecule has 2 N–H and O–H groups in total. The molecule has 0 amide bonds. The van der Waals surface area contributed by atoms with Crippen LogP contribution in [0.3, 0.4) is 0 Å². The van der Waals surface area contributed by atoms with E-state index in [0.29, 0.717) is 5.69 Å². The quantitative estimate of drug-likeness (QED) is 0.602. The number of hydrogen-bond donors (Lipinski definition) is 1. The van der Waals surface area contributed by atoms with E-state index in [-0.39, 0.29) is 0 Å². The van der Waals surface area contributed by atoms with E-state index < -0.39 is 0 Å². The Morgan fingerprint density at radius 1 is 1.29 bits per heavy atom. The Hall–Kier alpha value is -1.68. The van der Waals surface area contributed by atoms with Crippen LogP contribution < -0.4 is 5.73 Å². The van der Waals surface area contributed by atoms with E-state index in [4.69, 9.17) is 5.73 Å². The third-order valence-electron chi connectivity index (χ3n) is 1.73. The molecule has 2 rings (SSSR count). The monoisotopic (exact) mass is 203 g/mol. The number of rotatable bonds is 2. The molecule has 70 valence electrons. The van der Waals surface area contributed by atoms with Crippen LogP contribution in [0.15, 0.2) is 41.5 Å². The molecule has 1 aromatic carbocycles. The molecule has 1 aromatic heterocycles. The first-order chi connectivity index (χ1) is 6.86. The number of anilines is 1. The minimum atomic E-state index is 0.688. The zero-order valence-electron chi connectivity index (χ0n) is 7.42. The Balaban J connectivity index is 2.23. The van der Waals surface area contributed by atoms with Crippen molar-refractivity contribution in [3.8, 4) is 0 Å². The molecule has 0 atom stereocenters. The standard InChI is InChI=1S/C10H9N3S/c11-9-3-1-2-4-10(9)12-7-8-5-6-13-14-8/h1-7H,11H2. The highest BCUT2D eigenvalue weighted by molar-refractivity contribution is 7.07. The molecule has 0 fully saturated rings. The summed E-state index contributed by atoms with van der Waals surface area (Å²) in [4.78, 5) is 5.29. The third kappa shape index (κ3) is 1.97. The highest BCUT2D eigenvalue weighted by atomic mass is 32.1. The molecule has 0 unspecified atom stereocenters. The van der Waals surface area contributed by atoms with Crippen molar-refractivity contribution >= 4 is 29.1 Å². The number of benzene rings is 1. The highest BCUT2D eigenvalue weighted by Gasteiger charge is 1.93.